The van der Waals surface area contributed by atoms with Crippen LogP contribution in [0.15, 0.2) is 22.4 Å². The maximum atomic E-state index is 12.0. The number of aliphatic hydroxyl groups excluding tert-OH is 2. The highest BCUT2D eigenvalue weighted by atomic mass is 16.5. The highest BCUT2D eigenvalue weighted by molar-refractivity contribution is 5.97. The standard InChI is InChI=1S/C12H16N4O4/c1-9-6-11(15-20-9)14-8-10(7-13)12(19)16(2-4-17)3-5-18/h6,8,17-18H,2-5H2,1H3,(H,14,15)/b10-8-. The smallest absolute Gasteiger partial charge is 0.266 e. The van der Waals surface area contributed by atoms with Crippen LogP contribution in [0.3, 0.4) is 0 Å². The van der Waals surface area contributed by atoms with E-state index in [1.54, 1.807) is 19.1 Å². The maximum Gasteiger partial charge on any atom is 0.266 e. The van der Waals surface area contributed by atoms with E-state index in [1.807, 2.05) is 0 Å². The van der Waals surface area contributed by atoms with Gasteiger partial charge in [0.1, 0.15) is 17.4 Å². The number of rotatable bonds is 7. The lowest BCUT2D eigenvalue weighted by molar-refractivity contribution is -0.127. The summed E-state index contributed by atoms with van der Waals surface area (Å²) in [5.41, 5.74) is -0.160. The zero-order chi connectivity index (χ0) is 15.0. The summed E-state index contributed by atoms with van der Waals surface area (Å²) in [6.07, 6.45) is 1.21. The number of anilines is 1. The molecule has 0 aliphatic heterocycles. The van der Waals surface area contributed by atoms with Crippen molar-refractivity contribution in [2.45, 2.75) is 6.92 Å². The van der Waals surface area contributed by atoms with Crippen LogP contribution >= 0.6 is 0 Å². The van der Waals surface area contributed by atoms with Crippen molar-refractivity contribution in [3.63, 3.8) is 0 Å². The van der Waals surface area contributed by atoms with Gasteiger partial charge in [0.2, 0.25) is 0 Å². The molecule has 0 aromatic carbocycles. The van der Waals surface area contributed by atoms with Gasteiger partial charge >= 0.3 is 0 Å². The number of nitrogens with zero attached hydrogens (tertiary/aromatic N) is 3. The van der Waals surface area contributed by atoms with Crippen molar-refractivity contribution in [1.29, 1.82) is 5.26 Å². The van der Waals surface area contributed by atoms with Crippen molar-refractivity contribution in [2.75, 3.05) is 31.6 Å². The first-order chi connectivity index (χ1) is 9.62. The molecule has 1 heterocycles. The third-order valence-electron chi connectivity index (χ3n) is 2.37. The van der Waals surface area contributed by atoms with Crippen molar-refractivity contribution in [2.24, 2.45) is 0 Å². The summed E-state index contributed by atoms with van der Waals surface area (Å²) in [5.74, 6) is 0.384. The van der Waals surface area contributed by atoms with Crippen molar-refractivity contribution < 1.29 is 19.5 Å². The van der Waals surface area contributed by atoms with E-state index in [9.17, 15) is 4.79 Å². The number of aryl methyl sites for hydroxylation is 1. The number of nitriles is 1. The Morgan fingerprint density at radius 2 is 2.20 bits per heavy atom. The van der Waals surface area contributed by atoms with Gasteiger partial charge in [0.05, 0.1) is 13.2 Å². The summed E-state index contributed by atoms with van der Waals surface area (Å²) in [4.78, 5) is 13.2. The highest BCUT2D eigenvalue weighted by Gasteiger charge is 2.17. The molecule has 0 saturated heterocycles. The minimum absolute atomic E-state index is 0.0431. The van der Waals surface area contributed by atoms with Crippen molar-refractivity contribution >= 4 is 11.7 Å². The Labute approximate surface area is 115 Å². The van der Waals surface area contributed by atoms with Crippen LogP contribution in [0.25, 0.3) is 0 Å². The van der Waals surface area contributed by atoms with Gasteiger partial charge in [-0.05, 0) is 6.92 Å². The van der Waals surface area contributed by atoms with E-state index in [2.05, 4.69) is 10.5 Å². The van der Waals surface area contributed by atoms with E-state index >= 15 is 0 Å². The molecule has 0 bridgehead atoms. The Morgan fingerprint density at radius 1 is 1.55 bits per heavy atom. The summed E-state index contributed by atoms with van der Waals surface area (Å²) in [6, 6.07) is 3.37. The number of amides is 1. The number of carbonyl (C=O) groups is 1. The van der Waals surface area contributed by atoms with Gasteiger partial charge in [-0.25, -0.2) is 0 Å². The Bertz CT molecular complexity index is 512. The minimum Gasteiger partial charge on any atom is -0.395 e. The van der Waals surface area contributed by atoms with Gasteiger partial charge in [0, 0.05) is 25.4 Å². The first kappa shape index (κ1) is 15.7. The fourth-order valence-electron chi connectivity index (χ4n) is 1.45. The fraction of sp³-hybridized carbons (Fsp3) is 0.417. The molecule has 1 rings (SSSR count). The Balaban J connectivity index is 2.77. The van der Waals surface area contributed by atoms with Gasteiger partial charge in [-0.2, -0.15) is 5.26 Å². The van der Waals surface area contributed by atoms with Crippen molar-refractivity contribution in [3.05, 3.63) is 23.6 Å². The molecule has 0 aliphatic carbocycles. The van der Waals surface area contributed by atoms with Gasteiger partial charge in [0.15, 0.2) is 5.82 Å². The van der Waals surface area contributed by atoms with Gasteiger partial charge < -0.3 is 25.0 Å². The van der Waals surface area contributed by atoms with E-state index in [1.165, 1.54) is 11.1 Å². The molecule has 0 spiro atoms. The second-order valence-electron chi connectivity index (χ2n) is 3.88. The normalized spacial score (nSPS) is 11.0. The summed E-state index contributed by atoms with van der Waals surface area (Å²) in [5, 5.41) is 33.0. The summed E-state index contributed by atoms with van der Waals surface area (Å²) in [7, 11) is 0. The minimum atomic E-state index is -0.580. The quantitative estimate of drug-likeness (QED) is 0.459. The first-order valence-electron chi connectivity index (χ1n) is 5.93. The lowest BCUT2D eigenvalue weighted by atomic mass is 10.2. The van der Waals surface area contributed by atoms with Crippen molar-refractivity contribution in [1.82, 2.24) is 10.1 Å². The molecule has 0 unspecified atom stereocenters. The van der Waals surface area contributed by atoms with Crippen LogP contribution in [0, 0.1) is 18.3 Å². The average Bonchev–Trinajstić information content (AvgIpc) is 2.84. The van der Waals surface area contributed by atoms with Crippen molar-refractivity contribution in [3.8, 4) is 6.07 Å². The van der Waals surface area contributed by atoms with Crippen LogP contribution in [0.4, 0.5) is 5.82 Å². The van der Waals surface area contributed by atoms with E-state index in [0.29, 0.717) is 11.6 Å². The Hall–Kier alpha value is -2.37. The molecule has 0 saturated carbocycles. The molecular weight excluding hydrogens is 264 g/mol. The van der Waals surface area contributed by atoms with Gasteiger partial charge in [-0.1, -0.05) is 5.16 Å². The van der Waals surface area contributed by atoms with Crippen LogP contribution < -0.4 is 5.32 Å². The third kappa shape index (κ3) is 4.38. The molecule has 1 aromatic heterocycles. The van der Waals surface area contributed by atoms with Crippen LogP contribution in [-0.2, 0) is 4.79 Å². The zero-order valence-corrected chi connectivity index (χ0v) is 11.0. The number of hydrogen-bond donors (Lipinski definition) is 3. The number of carbonyl (C=O) groups excluding carboxylic acids is 1. The Kier molecular flexibility index (Phi) is 6.22. The van der Waals surface area contributed by atoms with Gasteiger partial charge in [-0.3, -0.25) is 4.79 Å². The molecule has 0 radical (unpaired) electrons. The largest absolute Gasteiger partial charge is 0.395 e. The fourth-order valence-corrected chi connectivity index (χ4v) is 1.45. The molecule has 0 fully saturated rings. The molecule has 1 amide bonds. The number of aromatic nitrogens is 1. The molecular formula is C12H16N4O4. The lowest BCUT2D eigenvalue weighted by Crippen LogP contribution is -2.36. The topological polar surface area (TPSA) is 123 Å². The van der Waals surface area contributed by atoms with Gasteiger partial charge in [0.25, 0.3) is 5.91 Å². The molecule has 8 heteroatoms. The predicted octanol–water partition coefficient (Wildman–Crippen LogP) is -0.384. The summed E-state index contributed by atoms with van der Waals surface area (Å²) in [6.45, 7) is 1.30. The van der Waals surface area contributed by atoms with E-state index in [4.69, 9.17) is 20.0 Å². The first-order valence-corrected chi connectivity index (χ1v) is 5.93. The summed E-state index contributed by atoms with van der Waals surface area (Å²) < 4.78 is 4.83. The SMILES string of the molecule is Cc1cc(N/C=C(/C#N)C(=O)N(CCO)CCO)no1. The van der Waals surface area contributed by atoms with Gasteiger partial charge in [-0.15, -0.1) is 0 Å². The second kappa shape index (κ2) is 7.93. The van der Waals surface area contributed by atoms with Crippen LogP contribution in [0.2, 0.25) is 0 Å². The van der Waals surface area contributed by atoms with E-state index < -0.39 is 5.91 Å². The molecule has 8 nitrogen and oxygen atoms in total. The maximum absolute atomic E-state index is 12.0. The number of nitrogens with one attached hydrogen (secondary N) is 1. The monoisotopic (exact) mass is 280 g/mol. The van der Waals surface area contributed by atoms with Crippen LogP contribution in [-0.4, -0.2) is 52.5 Å². The van der Waals surface area contributed by atoms with E-state index in [0.717, 1.165) is 0 Å². The number of hydrogen-bond acceptors (Lipinski definition) is 7. The second-order valence-corrected chi connectivity index (χ2v) is 3.88. The Morgan fingerprint density at radius 3 is 2.65 bits per heavy atom. The highest BCUT2D eigenvalue weighted by Crippen LogP contribution is 2.08. The molecule has 1 aromatic rings. The zero-order valence-electron chi connectivity index (χ0n) is 11.0. The van der Waals surface area contributed by atoms with E-state index in [-0.39, 0.29) is 31.9 Å². The van der Waals surface area contributed by atoms with Crippen LogP contribution in [0.1, 0.15) is 5.76 Å². The third-order valence-corrected chi connectivity index (χ3v) is 2.37. The molecule has 108 valence electrons. The predicted molar refractivity (Wildman–Crippen MR) is 69.3 cm³/mol. The molecule has 3 N–H and O–H groups in total. The average molecular weight is 280 g/mol. The van der Waals surface area contributed by atoms with Crippen LogP contribution in [0.5, 0.6) is 0 Å². The number of aliphatic hydroxyl groups is 2. The molecule has 0 atom stereocenters. The summed E-state index contributed by atoms with van der Waals surface area (Å²) >= 11 is 0. The molecule has 20 heavy (non-hydrogen) atoms. The lowest BCUT2D eigenvalue weighted by Gasteiger charge is -2.19. The molecule has 0 aliphatic rings.